The van der Waals surface area contributed by atoms with Crippen LogP contribution in [0.4, 0.5) is 0 Å². The molecule has 0 spiro atoms. The lowest BCUT2D eigenvalue weighted by Crippen LogP contribution is -2.23. The van der Waals surface area contributed by atoms with Gasteiger partial charge in [0.1, 0.15) is 5.15 Å². The Bertz CT molecular complexity index is 632. The summed E-state index contributed by atoms with van der Waals surface area (Å²) in [6.07, 6.45) is 1.53. The van der Waals surface area contributed by atoms with Crippen LogP contribution in [-0.2, 0) is 6.54 Å². The van der Waals surface area contributed by atoms with Gasteiger partial charge in [0.05, 0.1) is 17.2 Å². The number of amides is 1. The summed E-state index contributed by atoms with van der Waals surface area (Å²) in [6, 6.07) is 12.3. The number of nitrogens with zero attached hydrogens (tertiary/aromatic N) is 2. The Labute approximate surface area is 115 Å². The third kappa shape index (κ3) is 3.30. The van der Waals surface area contributed by atoms with Gasteiger partial charge in [0.2, 0.25) is 0 Å². The third-order valence-corrected chi connectivity index (χ3v) is 2.84. The number of nitrogens with one attached hydrogen (secondary N) is 1. The van der Waals surface area contributed by atoms with E-state index in [0.29, 0.717) is 17.7 Å². The van der Waals surface area contributed by atoms with Crippen LogP contribution < -0.4 is 5.32 Å². The molecule has 0 fully saturated rings. The Morgan fingerprint density at radius 2 is 2.05 bits per heavy atom. The summed E-state index contributed by atoms with van der Waals surface area (Å²) >= 11 is 5.83. The summed E-state index contributed by atoms with van der Waals surface area (Å²) < 4.78 is 0. The van der Waals surface area contributed by atoms with E-state index in [-0.39, 0.29) is 11.1 Å². The first-order chi connectivity index (χ1) is 9.20. The number of aromatic nitrogens is 1. The van der Waals surface area contributed by atoms with Gasteiger partial charge in [0, 0.05) is 12.7 Å². The molecule has 0 aliphatic rings. The van der Waals surface area contributed by atoms with Crippen molar-refractivity contribution in [3.05, 3.63) is 64.4 Å². The molecule has 0 atom stereocenters. The van der Waals surface area contributed by atoms with E-state index < -0.39 is 0 Å². The van der Waals surface area contributed by atoms with Gasteiger partial charge in [-0.15, -0.1) is 0 Å². The fraction of sp³-hybridized carbons (Fsp3) is 0.0714. The highest BCUT2D eigenvalue weighted by Gasteiger charge is 2.09. The fourth-order valence-electron chi connectivity index (χ4n) is 1.53. The fourth-order valence-corrected chi connectivity index (χ4v) is 1.74. The lowest BCUT2D eigenvalue weighted by atomic mass is 10.1. The van der Waals surface area contributed by atoms with E-state index in [1.165, 1.54) is 6.20 Å². The number of carbonyl (C=O) groups is 1. The summed E-state index contributed by atoms with van der Waals surface area (Å²) in [6.45, 7) is 0.371. The molecule has 5 heteroatoms. The molecule has 2 aromatic rings. The van der Waals surface area contributed by atoms with Crippen LogP contribution in [0.2, 0.25) is 5.15 Å². The van der Waals surface area contributed by atoms with Crippen LogP contribution in [0.1, 0.15) is 21.5 Å². The van der Waals surface area contributed by atoms with Gasteiger partial charge in [-0.2, -0.15) is 5.26 Å². The zero-order chi connectivity index (χ0) is 13.7. The Morgan fingerprint density at radius 1 is 1.32 bits per heavy atom. The van der Waals surface area contributed by atoms with Gasteiger partial charge in [-0.05, 0) is 29.8 Å². The minimum absolute atomic E-state index is 0.180. The number of nitriles is 1. The highest BCUT2D eigenvalue weighted by Crippen LogP contribution is 2.11. The van der Waals surface area contributed by atoms with Crippen molar-refractivity contribution < 1.29 is 4.79 Å². The van der Waals surface area contributed by atoms with Crippen LogP contribution in [0.25, 0.3) is 0 Å². The van der Waals surface area contributed by atoms with Crippen molar-refractivity contribution >= 4 is 17.5 Å². The van der Waals surface area contributed by atoms with Crippen molar-refractivity contribution in [3.63, 3.8) is 0 Å². The van der Waals surface area contributed by atoms with Gasteiger partial charge in [0.25, 0.3) is 5.91 Å². The SMILES string of the molecule is N#Cc1ccc(CNC(=O)c2cccnc2Cl)cc1. The number of hydrogen-bond acceptors (Lipinski definition) is 3. The summed E-state index contributed by atoms with van der Waals surface area (Å²) in [5.74, 6) is -0.276. The van der Waals surface area contributed by atoms with Crippen molar-refractivity contribution in [2.75, 3.05) is 0 Å². The highest BCUT2D eigenvalue weighted by molar-refractivity contribution is 6.32. The van der Waals surface area contributed by atoms with E-state index in [1.54, 1.807) is 36.4 Å². The molecule has 0 unspecified atom stereocenters. The van der Waals surface area contributed by atoms with Gasteiger partial charge in [0.15, 0.2) is 0 Å². The maximum absolute atomic E-state index is 11.9. The van der Waals surface area contributed by atoms with Crippen molar-refractivity contribution in [2.45, 2.75) is 6.54 Å². The van der Waals surface area contributed by atoms with E-state index >= 15 is 0 Å². The van der Waals surface area contributed by atoms with Gasteiger partial charge in [-0.1, -0.05) is 23.7 Å². The predicted molar refractivity (Wildman–Crippen MR) is 71.6 cm³/mol. The summed E-state index contributed by atoms with van der Waals surface area (Å²) in [7, 11) is 0. The standard InChI is InChI=1S/C14H10ClN3O/c15-13-12(2-1-7-17-13)14(19)18-9-11-5-3-10(8-16)4-6-11/h1-7H,9H2,(H,18,19). The number of benzene rings is 1. The van der Waals surface area contributed by atoms with Crippen molar-refractivity contribution in [1.82, 2.24) is 10.3 Å². The average molecular weight is 272 g/mol. The molecule has 0 aliphatic heterocycles. The maximum atomic E-state index is 11.9. The van der Waals surface area contributed by atoms with Crippen LogP contribution in [0, 0.1) is 11.3 Å². The molecule has 2 rings (SSSR count). The Hall–Kier alpha value is -2.38. The molecule has 1 amide bonds. The molecule has 94 valence electrons. The molecule has 4 nitrogen and oxygen atoms in total. The average Bonchev–Trinajstić information content (AvgIpc) is 2.46. The zero-order valence-corrected chi connectivity index (χ0v) is 10.7. The van der Waals surface area contributed by atoms with Crippen molar-refractivity contribution in [2.24, 2.45) is 0 Å². The third-order valence-electron chi connectivity index (χ3n) is 2.54. The van der Waals surface area contributed by atoms with Crippen molar-refractivity contribution in [3.8, 4) is 6.07 Å². The molecular formula is C14H10ClN3O. The number of carbonyl (C=O) groups excluding carboxylic acids is 1. The molecular weight excluding hydrogens is 262 g/mol. The molecule has 0 aliphatic carbocycles. The van der Waals surface area contributed by atoms with E-state index in [1.807, 2.05) is 6.07 Å². The molecule has 1 aromatic carbocycles. The molecule has 0 bridgehead atoms. The first kappa shape index (κ1) is 13.1. The van der Waals surface area contributed by atoms with E-state index in [2.05, 4.69) is 10.3 Å². The molecule has 19 heavy (non-hydrogen) atoms. The Kier molecular flexibility index (Phi) is 4.11. The number of rotatable bonds is 3. The van der Waals surface area contributed by atoms with Gasteiger partial charge >= 0.3 is 0 Å². The maximum Gasteiger partial charge on any atom is 0.254 e. The summed E-state index contributed by atoms with van der Waals surface area (Å²) in [5, 5.41) is 11.6. The largest absolute Gasteiger partial charge is 0.348 e. The quantitative estimate of drug-likeness (QED) is 0.873. The van der Waals surface area contributed by atoms with Crippen molar-refractivity contribution in [1.29, 1.82) is 5.26 Å². The molecule has 0 saturated carbocycles. The number of hydrogen-bond donors (Lipinski definition) is 1. The predicted octanol–water partition coefficient (Wildman–Crippen LogP) is 2.54. The van der Waals surface area contributed by atoms with Gasteiger partial charge in [-0.25, -0.2) is 4.98 Å². The molecule has 1 heterocycles. The monoisotopic (exact) mass is 271 g/mol. The molecule has 1 N–H and O–H groups in total. The second kappa shape index (κ2) is 5.98. The zero-order valence-electron chi connectivity index (χ0n) is 9.93. The lowest BCUT2D eigenvalue weighted by molar-refractivity contribution is 0.0950. The highest BCUT2D eigenvalue weighted by atomic mass is 35.5. The minimum atomic E-state index is -0.276. The summed E-state index contributed by atoms with van der Waals surface area (Å²) in [4.78, 5) is 15.7. The molecule has 0 saturated heterocycles. The Morgan fingerprint density at radius 3 is 2.68 bits per heavy atom. The Balaban J connectivity index is 2.01. The number of pyridine rings is 1. The topological polar surface area (TPSA) is 65.8 Å². The van der Waals surface area contributed by atoms with Crippen LogP contribution in [-0.4, -0.2) is 10.9 Å². The van der Waals surface area contributed by atoms with E-state index in [4.69, 9.17) is 16.9 Å². The van der Waals surface area contributed by atoms with E-state index in [0.717, 1.165) is 5.56 Å². The normalized spacial score (nSPS) is 9.68. The first-order valence-corrected chi connectivity index (χ1v) is 5.96. The van der Waals surface area contributed by atoms with Gasteiger partial charge in [-0.3, -0.25) is 4.79 Å². The smallest absolute Gasteiger partial charge is 0.254 e. The van der Waals surface area contributed by atoms with Crippen LogP contribution in [0.5, 0.6) is 0 Å². The first-order valence-electron chi connectivity index (χ1n) is 5.58. The second-order valence-electron chi connectivity index (χ2n) is 3.83. The summed E-state index contributed by atoms with van der Waals surface area (Å²) in [5.41, 5.74) is 1.84. The second-order valence-corrected chi connectivity index (χ2v) is 4.19. The van der Waals surface area contributed by atoms with Crippen LogP contribution >= 0.6 is 11.6 Å². The lowest BCUT2D eigenvalue weighted by Gasteiger charge is -2.06. The van der Waals surface area contributed by atoms with Crippen LogP contribution in [0.15, 0.2) is 42.6 Å². The van der Waals surface area contributed by atoms with Crippen LogP contribution in [0.3, 0.4) is 0 Å². The molecule has 0 radical (unpaired) electrons. The number of halogens is 1. The van der Waals surface area contributed by atoms with E-state index in [9.17, 15) is 4.79 Å². The minimum Gasteiger partial charge on any atom is -0.348 e. The molecule has 1 aromatic heterocycles. The van der Waals surface area contributed by atoms with Gasteiger partial charge < -0.3 is 5.32 Å².